The van der Waals surface area contributed by atoms with Crippen LogP contribution in [0.3, 0.4) is 0 Å². The fourth-order valence-corrected chi connectivity index (χ4v) is 1.69. The van der Waals surface area contributed by atoms with E-state index in [0.717, 1.165) is 19.5 Å². The number of allylic oxidation sites excluding steroid dienone is 5. The predicted octanol–water partition coefficient (Wildman–Crippen LogP) is 3.51. The quantitative estimate of drug-likeness (QED) is 0.657. The van der Waals surface area contributed by atoms with Gasteiger partial charge in [-0.2, -0.15) is 0 Å². The van der Waals surface area contributed by atoms with Crippen molar-refractivity contribution < 1.29 is 0 Å². The normalized spacial score (nSPS) is 15.9. The molecule has 0 saturated carbocycles. The van der Waals surface area contributed by atoms with Crippen molar-refractivity contribution in [3.8, 4) is 0 Å². The molecule has 1 aliphatic rings. The van der Waals surface area contributed by atoms with Crippen LogP contribution in [0.5, 0.6) is 0 Å². The number of hydrogen-bond donors (Lipinski definition) is 0. The van der Waals surface area contributed by atoms with Crippen molar-refractivity contribution in [3.05, 3.63) is 35.6 Å². The Labute approximate surface area is 87.8 Å². The van der Waals surface area contributed by atoms with E-state index in [9.17, 15) is 0 Å². The van der Waals surface area contributed by atoms with Gasteiger partial charge in [0.05, 0.1) is 0 Å². The lowest BCUT2D eigenvalue weighted by Crippen LogP contribution is -2.22. The van der Waals surface area contributed by atoms with Gasteiger partial charge in [-0.05, 0) is 32.8 Å². The zero-order valence-electron chi connectivity index (χ0n) is 9.59. The lowest BCUT2D eigenvalue weighted by Gasteiger charge is -2.23. The second kappa shape index (κ2) is 5.69. The highest BCUT2D eigenvalue weighted by Gasteiger charge is 2.04. The molecular weight excluding hydrogens is 170 g/mol. The van der Waals surface area contributed by atoms with Gasteiger partial charge in [0.1, 0.15) is 0 Å². The number of rotatable bonds is 4. The van der Waals surface area contributed by atoms with Crippen LogP contribution in [0.1, 0.15) is 33.6 Å². The van der Waals surface area contributed by atoms with Crippen molar-refractivity contribution in [1.29, 1.82) is 0 Å². The molecule has 0 aromatic carbocycles. The molecule has 0 aromatic heterocycles. The standard InChI is InChI=1S/C13H21N/c1-4-11-14(5-2)13-8-6-7-12(3)9-10-13/h6-8,10H,4-5,9,11H2,1-3H3. The molecule has 0 N–H and O–H groups in total. The summed E-state index contributed by atoms with van der Waals surface area (Å²) in [6.07, 6.45) is 11.2. The largest absolute Gasteiger partial charge is 0.372 e. The van der Waals surface area contributed by atoms with E-state index in [1.54, 1.807) is 0 Å². The van der Waals surface area contributed by atoms with Gasteiger partial charge in [-0.3, -0.25) is 0 Å². The maximum Gasteiger partial charge on any atom is 0.0328 e. The lowest BCUT2D eigenvalue weighted by atomic mass is 10.2. The third kappa shape index (κ3) is 3.06. The number of nitrogens with zero attached hydrogens (tertiary/aromatic N) is 1. The molecule has 0 heterocycles. The van der Waals surface area contributed by atoms with Crippen LogP contribution in [-0.2, 0) is 0 Å². The van der Waals surface area contributed by atoms with Gasteiger partial charge in [0.25, 0.3) is 0 Å². The zero-order chi connectivity index (χ0) is 10.4. The van der Waals surface area contributed by atoms with E-state index < -0.39 is 0 Å². The fraction of sp³-hybridized carbons (Fsp3) is 0.538. The van der Waals surface area contributed by atoms with Crippen molar-refractivity contribution in [3.63, 3.8) is 0 Å². The van der Waals surface area contributed by atoms with E-state index in [1.165, 1.54) is 17.7 Å². The SMILES string of the molecule is CCCN(CC)C1=CCC(C)=CC=C1. The second-order valence-electron chi connectivity index (χ2n) is 3.78. The third-order valence-electron chi connectivity index (χ3n) is 2.52. The van der Waals surface area contributed by atoms with Gasteiger partial charge < -0.3 is 4.90 Å². The third-order valence-corrected chi connectivity index (χ3v) is 2.52. The van der Waals surface area contributed by atoms with E-state index in [4.69, 9.17) is 0 Å². The first-order valence-corrected chi connectivity index (χ1v) is 5.56. The Bertz CT molecular complexity index is 258. The van der Waals surface area contributed by atoms with Crippen LogP contribution in [0.15, 0.2) is 35.6 Å². The van der Waals surface area contributed by atoms with E-state index in [1.807, 2.05) is 0 Å². The van der Waals surface area contributed by atoms with Crippen LogP contribution >= 0.6 is 0 Å². The molecule has 0 bridgehead atoms. The van der Waals surface area contributed by atoms with E-state index in [0.29, 0.717) is 0 Å². The number of likely N-dealkylation sites (N-methyl/N-ethyl adjacent to an activating group) is 1. The Morgan fingerprint density at radius 3 is 2.79 bits per heavy atom. The van der Waals surface area contributed by atoms with Crippen LogP contribution in [0, 0.1) is 0 Å². The molecule has 14 heavy (non-hydrogen) atoms. The molecule has 0 radical (unpaired) electrons. The molecule has 78 valence electrons. The minimum atomic E-state index is 1.09. The van der Waals surface area contributed by atoms with Gasteiger partial charge in [0.2, 0.25) is 0 Å². The highest BCUT2D eigenvalue weighted by Crippen LogP contribution is 2.14. The van der Waals surface area contributed by atoms with Gasteiger partial charge in [0, 0.05) is 18.8 Å². The second-order valence-corrected chi connectivity index (χ2v) is 3.78. The molecule has 0 aromatic rings. The molecule has 1 aliphatic carbocycles. The lowest BCUT2D eigenvalue weighted by molar-refractivity contribution is 0.372. The van der Waals surface area contributed by atoms with Gasteiger partial charge >= 0.3 is 0 Å². The van der Waals surface area contributed by atoms with Crippen molar-refractivity contribution in [2.45, 2.75) is 33.6 Å². The topological polar surface area (TPSA) is 3.24 Å². The summed E-state index contributed by atoms with van der Waals surface area (Å²) in [4.78, 5) is 2.43. The highest BCUT2D eigenvalue weighted by molar-refractivity contribution is 5.28. The molecule has 0 aliphatic heterocycles. The average Bonchev–Trinajstić information content (AvgIpc) is 2.40. The molecule has 0 unspecified atom stereocenters. The summed E-state index contributed by atoms with van der Waals surface area (Å²) < 4.78 is 0. The summed E-state index contributed by atoms with van der Waals surface area (Å²) in [6, 6.07) is 0. The number of hydrogen-bond acceptors (Lipinski definition) is 1. The summed E-state index contributed by atoms with van der Waals surface area (Å²) in [7, 11) is 0. The van der Waals surface area contributed by atoms with Crippen LogP contribution in [-0.4, -0.2) is 18.0 Å². The molecular formula is C13H21N. The Morgan fingerprint density at radius 2 is 2.14 bits per heavy atom. The fourth-order valence-electron chi connectivity index (χ4n) is 1.69. The summed E-state index contributed by atoms with van der Waals surface area (Å²) in [5.74, 6) is 0. The maximum atomic E-state index is 2.43. The Morgan fingerprint density at radius 1 is 1.36 bits per heavy atom. The monoisotopic (exact) mass is 191 g/mol. The summed E-state index contributed by atoms with van der Waals surface area (Å²) in [5.41, 5.74) is 2.81. The van der Waals surface area contributed by atoms with Crippen molar-refractivity contribution in [1.82, 2.24) is 4.90 Å². The van der Waals surface area contributed by atoms with Crippen LogP contribution in [0.4, 0.5) is 0 Å². The zero-order valence-corrected chi connectivity index (χ0v) is 9.59. The first-order valence-electron chi connectivity index (χ1n) is 5.56. The molecule has 1 rings (SSSR count). The Hall–Kier alpha value is -0.980. The van der Waals surface area contributed by atoms with Crippen molar-refractivity contribution >= 4 is 0 Å². The van der Waals surface area contributed by atoms with Gasteiger partial charge in [-0.1, -0.05) is 30.7 Å². The first kappa shape index (κ1) is 11.1. The van der Waals surface area contributed by atoms with E-state index in [-0.39, 0.29) is 0 Å². The van der Waals surface area contributed by atoms with Crippen molar-refractivity contribution in [2.24, 2.45) is 0 Å². The van der Waals surface area contributed by atoms with Gasteiger partial charge in [0.15, 0.2) is 0 Å². The molecule has 0 spiro atoms. The summed E-state index contributed by atoms with van der Waals surface area (Å²) in [6.45, 7) is 8.89. The van der Waals surface area contributed by atoms with E-state index >= 15 is 0 Å². The Balaban J connectivity index is 2.67. The highest BCUT2D eigenvalue weighted by atomic mass is 15.1. The first-order chi connectivity index (χ1) is 6.77. The molecule has 0 atom stereocenters. The van der Waals surface area contributed by atoms with Crippen molar-refractivity contribution in [2.75, 3.05) is 13.1 Å². The van der Waals surface area contributed by atoms with Gasteiger partial charge in [-0.25, -0.2) is 0 Å². The molecule has 0 amide bonds. The smallest absolute Gasteiger partial charge is 0.0328 e. The molecule has 1 heteroatoms. The van der Waals surface area contributed by atoms with Crippen LogP contribution in [0.2, 0.25) is 0 Å². The van der Waals surface area contributed by atoms with Gasteiger partial charge in [-0.15, -0.1) is 0 Å². The van der Waals surface area contributed by atoms with E-state index in [2.05, 4.69) is 50.0 Å². The average molecular weight is 191 g/mol. The molecule has 1 nitrogen and oxygen atoms in total. The minimum Gasteiger partial charge on any atom is -0.372 e. The van der Waals surface area contributed by atoms with Crippen LogP contribution < -0.4 is 0 Å². The minimum absolute atomic E-state index is 1.09. The summed E-state index contributed by atoms with van der Waals surface area (Å²) in [5, 5.41) is 0. The molecule has 0 fully saturated rings. The summed E-state index contributed by atoms with van der Waals surface area (Å²) >= 11 is 0. The van der Waals surface area contributed by atoms with Crippen LogP contribution in [0.25, 0.3) is 0 Å². The Kier molecular flexibility index (Phi) is 4.51. The predicted molar refractivity (Wildman–Crippen MR) is 63.1 cm³/mol. The molecule has 0 saturated heterocycles. The maximum absolute atomic E-state index is 2.43.